The summed E-state index contributed by atoms with van der Waals surface area (Å²) in [5.74, 6) is 1.66. The van der Waals surface area contributed by atoms with Gasteiger partial charge in [-0.15, -0.1) is 10.2 Å². The van der Waals surface area contributed by atoms with E-state index in [1.54, 1.807) is 12.6 Å². The van der Waals surface area contributed by atoms with Crippen molar-refractivity contribution in [3.8, 4) is 0 Å². The van der Waals surface area contributed by atoms with Crippen molar-refractivity contribution >= 4 is 17.7 Å². The second-order valence-electron chi connectivity index (χ2n) is 6.61. The number of furan rings is 1. The third-order valence-corrected chi connectivity index (χ3v) is 5.18. The van der Waals surface area contributed by atoms with Crippen LogP contribution in [0.2, 0.25) is 0 Å². The SMILES string of the molecule is CC(C)c1ccc(CCNC(=O)CSc2nncn2Cc2ccco2)cc1. The molecule has 0 fully saturated rings. The fourth-order valence-electron chi connectivity index (χ4n) is 2.63. The first kappa shape index (κ1) is 19.2. The molecule has 0 unspecified atom stereocenters. The Morgan fingerprint density at radius 2 is 2.07 bits per heavy atom. The molecule has 2 heterocycles. The van der Waals surface area contributed by atoms with Crippen LogP contribution in [0, 0.1) is 0 Å². The number of hydrogen-bond donors (Lipinski definition) is 1. The van der Waals surface area contributed by atoms with Gasteiger partial charge in [-0.3, -0.25) is 4.79 Å². The van der Waals surface area contributed by atoms with E-state index in [0.717, 1.165) is 12.2 Å². The van der Waals surface area contributed by atoms with Crippen LogP contribution in [-0.4, -0.2) is 33.0 Å². The van der Waals surface area contributed by atoms with Crippen molar-refractivity contribution in [2.75, 3.05) is 12.3 Å². The van der Waals surface area contributed by atoms with Crippen LogP contribution in [0.4, 0.5) is 0 Å². The number of thioether (sulfide) groups is 1. The third-order valence-electron chi connectivity index (χ3n) is 4.20. The van der Waals surface area contributed by atoms with Gasteiger partial charge in [-0.25, -0.2) is 0 Å². The van der Waals surface area contributed by atoms with E-state index in [1.165, 1.54) is 22.9 Å². The largest absolute Gasteiger partial charge is 0.467 e. The molecule has 1 amide bonds. The van der Waals surface area contributed by atoms with Crippen molar-refractivity contribution in [2.24, 2.45) is 0 Å². The zero-order chi connectivity index (χ0) is 19.1. The predicted molar refractivity (Wildman–Crippen MR) is 106 cm³/mol. The van der Waals surface area contributed by atoms with Crippen LogP contribution in [-0.2, 0) is 17.8 Å². The van der Waals surface area contributed by atoms with Crippen LogP contribution < -0.4 is 5.32 Å². The fourth-order valence-corrected chi connectivity index (χ4v) is 3.38. The van der Waals surface area contributed by atoms with Gasteiger partial charge >= 0.3 is 0 Å². The molecule has 3 aromatic rings. The minimum absolute atomic E-state index is 0.00801. The lowest BCUT2D eigenvalue weighted by atomic mass is 10.0. The molecule has 6 nitrogen and oxygen atoms in total. The lowest BCUT2D eigenvalue weighted by Crippen LogP contribution is -2.27. The second-order valence-corrected chi connectivity index (χ2v) is 7.55. The number of carbonyl (C=O) groups is 1. The van der Waals surface area contributed by atoms with E-state index in [-0.39, 0.29) is 5.91 Å². The van der Waals surface area contributed by atoms with Gasteiger partial charge in [0, 0.05) is 6.54 Å². The average molecular weight is 385 g/mol. The highest BCUT2D eigenvalue weighted by molar-refractivity contribution is 7.99. The lowest BCUT2D eigenvalue weighted by Gasteiger charge is -2.08. The number of rotatable bonds is 9. The Bertz CT molecular complexity index is 841. The number of amides is 1. The quantitative estimate of drug-likeness (QED) is 0.572. The highest BCUT2D eigenvalue weighted by Gasteiger charge is 2.10. The van der Waals surface area contributed by atoms with Gasteiger partial charge in [-0.2, -0.15) is 0 Å². The summed E-state index contributed by atoms with van der Waals surface area (Å²) >= 11 is 1.37. The maximum atomic E-state index is 12.1. The molecule has 0 bridgehead atoms. The number of hydrogen-bond acceptors (Lipinski definition) is 5. The molecule has 0 saturated carbocycles. The van der Waals surface area contributed by atoms with Gasteiger partial charge < -0.3 is 14.3 Å². The van der Waals surface area contributed by atoms with Crippen LogP contribution in [0.5, 0.6) is 0 Å². The first-order valence-corrected chi connectivity index (χ1v) is 9.99. The average Bonchev–Trinajstić information content (AvgIpc) is 3.33. The summed E-state index contributed by atoms with van der Waals surface area (Å²) in [5, 5.41) is 11.7. The zero-order valence-corrected chi connectivity index (χ0v) is 16.4. The number of nitrogens with zero attached hydrogens (tertiary/aromatic N) is 3. The lowest BCUT2D eigenvalue weighted by molar-refractivity contribution is -0.118. The van der Waals surface area contributed by atoms with Crippen LogP contribution in [0.15, 0.2) is 58.6 Å². The summed E-state index contributed by atoms with van der Waals surface area (Å²) in [6.45, 7) is 5.54. The van der Waals surface area contributed by atoms with Gasteiger partial charge in [0.2, 0.25) is 5.91 Å². The van der Waals surface area contributed by atoms with E-state index >= 15 is 0 Å². The van der Waals surface area contributed by atoms with Gasteiger partial charge in [-0.1, -0.05) is 49.9 Å². The van der Waals surface area contributed by atoms with Crippen molar-refractivity contribution in [3.63, 3.8) is 0 Å². The number of aromatic nitrogens is 3. The van der Waals surface area contributed by atoms with Gasteiger partial charge in [-0.05, 0) is 35.6 Å². The molecule has 0 aliphatic rings. The molecule has 2 aromatic heterocycles. The summed E-state index contributed by atoms with van der Waals surface area (Å²) < 4.78 is 7.21. The molecule has 7 heteroatoms. The van der Waals surface area contributed by atoms with E-state index in [0.29, 0.717) is 29.9 Å². The maximum absolute atomic E-state index is 12.1. The summed E-state index contributed by atoms with van der Waals surface area (Å²) in [5.41, 5.74) is 2.56. The molecule has 0 aliphatic heterocycles. The van der Waals surface area contributed by atoms with E-state index < -0.39 is 0 Å². The molecule has 3 rings (SSSR count). The van der Waals surface area contributed by atoms with Gasteiger partial charge in [0.25, 0.3) is 0 Å². The first-order chi connectivity index (χ1) is 13.1. The van der Waals surface area contributed by atoms with Gasteiger partial charge in [0.05, 0.1) is 18.6 Å². The Labute approximate surface area is 163 Å². The van der Waals surface area contributed by atoms with E-state index in [4.69, 9.17) is 4.42 Å². The highest BCUT2D eigenvalue weighted by Crippen LogP contribution is 2.17. The molecule has 0 spiro atoms. The van der Waals surface area contributed by atoms with Crippen LogP contribution >= 0.6 is 11.8 Å². The van der Waals surface area contributed by atoms with Crippen LogP contribution in [0.25, 0.3) is 0 Å². The normalized spacial score (nSPS) is 11.1. The van der Waals surface area contributed by atoms with E-state index in [9.17, 15) is 4.79 Å². The van der Waals surface area contributed by atoms with Crippen molar-refractivity contribution in [2.45, 2.75) is 37.9 Å². The zero-order valence-electron chi connectivity index (χ0n) is 15.6. The van der Waals surface area contributed by atoms with Crippen molar-refractivity contribution < 1.29 is 9.21 Å². The molecular weight excluding hydrogens is 360 g/mol. The summed E-state index contributed by atoms with van der Waals surface area (Å²) in [6, 6.07) is 12.3. The van der Waals surface area contributed by atoms with Crippen LogP contribution in [0.3, 0.4) is 0 Å². The number of carbonyl (C=O) groups excluding carboxylic acids is 1. The highest BCUT2D eigenvalue weighted by atomic mass is 32.2. The number of nitrogens with one attached hydrogen (secondary N) is 1. The Balaban J connectivity index is 1.40. The third kappa shape index (κ3) is 5.72. The van der Waals surface area contributed by atoms with E-state index in [1.807, 2.05) is 16.7 Å². The Hall–Kier alpha value is -2.54. The minimum atomic E-state index is -0.00801. The molecule has 0 aliphatic carbocycles. The molecule has 142 valence electrons. The van der Waals surface area contributed by atoms with Gasteiger partial charge in [0.1, 0.15) is 12.1 Å². The summed E-state index contributed by atoms with van der Waals surface area (Å²) in [4.78, 5) is 12.1. The second kappa shape index (κ2) is 9.41. The molecule has 0 atom stereocenters. The van der Waals surface area contributed by atoms with Crippen molar-refractivity contribution in [3.05, 3.63) is 65.9 Å². The molecule has 0 radical (unpaired) electrons. The Morgan fingerprint density at radius 3 is 2.78 bits per heavy atom. The van der Waals surface area contributed by atoms with Crippen LogP contribution in [0.1, 0.15) is 36.7 Å². The molecule has 0 saturated heterocycles. The Morgan fingerprint density at radius 1 is 1.26 bits per heavy atom. The standard InChI is InChI=1S/C20H24N4O2S/c1-15(2)17-7-5-16(6-8-17)9-10-21-19(25)13-27-20-23-22-14-24(20)12-18-4-3-11-26-18/h3-8,11,14-15H,9-10,12-13H2,1-2H3,(H,21,25). The maximum Gasteiger partial charge on any atom is 0.230 e. The topological polar surface area (TPSA) is 73.0 Å². The molecule has 27 heavy (non-hydrogen) atoms. The first-order valence-electron chi connectivity index (χ1n) is 9.00. The van der Waals surface area contributed by atoms with Crippen molar-refractivity contribution in [1.82, 2.24) is 20.1 Å². The summed E-state index contributed by atoms with van der Waals surface area (Å²) in [6.07, 6.45) is 4.10. The van der Waals surface area contributed by atoms with E-state index in [2.05, 4.69) is 53.6 Å². The smallest absolute Gasteiger partial charge is 0.230 e. The predicted octanol–water partition coefficient (Wildman–Crippen LogP) is 3.49. The Kier molecular flexibility index (Phi) is 6.70. The minimum Gasteiger partial charge on any atom is -0.467 e. The summed E-state index contributed by atoms with van der Waals surface area (Å²) in [7, 11) is 0. The molecule has 1 aromatic carbocycles. The fraction of sp³-hybridized carbons (Fsp3) is 0.350. The molecule has 1 N–H and O–H groups in total. The number of benzene rings is 1. The monoisotopic (exact) mass is 384 g/mol. The van der Waals surface area contributed by atoms with Gasteiger partial charge in [0.15, 0.2) is 5.16 Å². The van der Waals surface area contributed by atoms with Crippen molar-refractivity contribution in [1.29, 1.82) is 0 Å². The molecular formula is C20H24N4O2S.